The molecule has 0 saturated heterocycles. The molecule has 0 radical (unpaired) electrons. The van der Waals surface area contributed by atoms with Gasteiger partial charge in [0, 0.05) is 6.42 Å². The van der Waals surface area contributed by atoms with Gasteiger partial charge in [-0.3, -0.25) is 4.79 Å². The predicted molar refractivity (Wildman–Crippen MR) is 93.5 cm³/mol. The van der Waals surface area contributed by atoms with Gasteiger partial charge in [-0.1, -0.05) is 31.1 Å². The van der Waals surface area contributed by atoms with Gasteiger partial charge in [0.25, 0.3) is 0 Å². The number of allylic oxidation sites excluding steroid dienone is 2. The summed E-state index contributed by atoms with van der Waals surface area (Å²) in [5.41, 5.74) is 2.78. The number of rotatable bonds is 7. The van der Waals surface area contributed by atoms with E-state index in [1.54, 1.807) is 0 Å². The number of esters is 1. The molecule has 3 heteroatoms. The maximum absolute atomic E-state index is 11.2. The van der Waals surface area contributed by atoms with Crippen molar-refractivity contribution in [3.05, 3.63) is 35.9 Å². The summed E-state index contributed by atoms with van der Waals surface area (Å²) in [5, 5.41) is 0. The maximum atomic E-state index is 11.2. The van der Waals surface area contributed by atoms with Crippen LogP contribution in [0.4, 0.5) is 0 Å². The standard InChI is InChI=1S/C20H28O3/c1-2-22-20(21)11-8-16-23-19-14-12-18(13-15-19)17-9-6-4-3-5-7-10-17/h9,12-15H,2-8,10-11,16H2,1H3. The van der Waals surface area contributed by atoms with E-state index in [4.69, 9.17) is 9.47 Å². The number of carbonyl (C=O) groups is 1. The average molecular weight is 316 g/mol. The van der Waals surface area contributed by atoms with Crippen LogP contribution in [0.1, 0.15) is 63.9 Å². The lowest BCUT2D eigenvalue weighted by Crippen LogP contribution is -2.06. The molecule has 126 valence electrons. The zero-order chi connectivity index (χ0) is 16.3. The predicted octanol–water partition coefficient (Wildman–Crippen LogP) is 5.15. The lowest BCUT2D eigenvalue weighted by molar-refractivity contribution is -0.143. The van der Waals surface area contributed by atoms with Crippen LogP contribution in [0.15, 0.2) is 30.3 Å². The van der Waals surface area contributed by atoms with E-state index in [2.05, 4.69) is 18.2 Å². The summed E-state index contributed by atoms with van der Waals surface area (Å²) in [6, 6.07) is 8.35. The molecule has 2 rings (SSSR count). The molecule has 1 aromatic carbocycles. The quantitative estimate of drug-likeness (QED) is 0.516. The van der Waals surface area contributed by atoms with E-state index in [0.29, 0.717) is 26.1 Å². The lowest BCUT2D eigenvalue weighted by Gasteiger charge is -2.12. The highest BCUT2D eigenvalue weighted by Gasteiger charge is 2.06. The Morgan fingerprint density at radius 1 is 1.09 bits per heavy atom. The van der Waals surface area contributed by atoms with E-state index < -0.39 is 0 Å². The molecule has 0 atom stereocenters. The Labute approximate surface area is 139 Å². The second kappa shape index (κ2) is 10.1. The van der Waals surface area contributed by atoms with Gasteiger partial charge in [0.1, 0.15) is 5.75 Å². The van der Waals surface area contributed by atoms with Crippen molar-refractivity contribution >= 4 is 11.5 Å². The van der Waals surface area contributed by atoms with Gasteiger partial charge < -0.3 is 9.47 Å². The number of hydrogen-bond acceptors (Lipinski definition) is 3. The number of benzene rings is 1. The van der Waals surface area contributed by atoms with E-state index in [0.717, 1.165) is 5.75 Å². The highest BCUT2D eigenvalue weighted by Crippen LogP contribution is 2.26. The fourth-order valence-electron chi connectivity index (χ4n) is 2.86. The molecule has 0 unspecified atom stereocenters. The molecule has 3 nitrogen and oxygen atoms in total. The van der Waals surface area contributed by atoms with Crippen molar-refractivity contribution < 1.29 is 14.3 Å². The maximum Gasteiger partial charge on any atom is 0.305 e. The first-order valence-corrected chi connectivity index (χ1v) is 8.87. The Balaban J connectivity index is 1.78. The number of ether oxygens (including phenoxy) is 2. The third kappa shape index (κ3) is 6.47. The minimum absolute atomic E-state index is 0.150. The fraction of sp³-hybridized carbons (Fsp3) is 0.550. The summed E-state index contributed by atoms with van der Waals surface area (Å²) in [6.45, 7) is 2.80. The first-order chi connectivity index (χ1) is 11.3. The van der Waals surface area contributed by atoms with Crippen molar-refractivity contribution in [1.29, 1.82) is 0 Å². The van der Waals surface area contributed by atoms with E-state index in [9.17, 15) is 4.79 Å². The van der Waals surface area contributed by atoms with Gasteiger partial charge in [0.05, 0.1) is 13.2 Å². The van der Waals surface area contributed by atoms with Gasteiger partial charge in [-0.2, -0.15) is 0 Å². The SMILES string of the molecule is CCOC(=O)CCCOc1ccc(C2=CCCCCCC2)cc1. The van der Waals surface area contributed by atoms with Crippen LogP contribution in [-0.4, -0.2) is 19.2 Å². The van der Waals surface area contributed by atoms with Crippen LogP contribution in [0.2, 0.25) is 0 Å². The molecule has 1 aliphatic rings. The second-order valence-electron chi connectivity index (χ2n) is 5.96. The van der Waals surface area contributed by atoms with Gasteiger partial charge in [-0.15, -0.1) is 0 Å². The number of carbonyl (C=O) groups excluding carboxylic acids is 1. The summed E-state index contributed by atoms with van der Waals surface area (Å²) in [4.78, 5) is 11.2. The van der Waals surface area contributed by atoms with Crippen LogP contribution in [0.25, 0.3) is 5.57 Å². The average Bonchev–Trinajstić information content (AvgIpc) is 2.52. The van der Waals surface area contributed by atoms with E-state index in [-0.39, 0.29) is 5.97 Å². The molecule has 0 spiro atoms. The van der Waals surface area contributed by atoms with Crippen molar-refractivity contribution in [3.63, 3.8) is 0 Å². The summed E-state index contributed by atoms with van der Waals surface area (Å²) in [6.07, 6.45) is 11.2. The molecule has 1 aliphatic carbocycles. The van der Waals surface area contributed by atoms with Gasteiger partial charge in [0.2, 0.25) is 0 Å². The fourth-order valence-corrected chi connectivity index (χ4v) is 2.86. The topological polar surface area (TPSA) is 35.5 Å². The van der Waals surface area contributed by atoms with Gasteiger partial charge in [0.15, 0.2) is 0 Å². The van der Waals surface area contributed by atoms with Crippen LogP contribution in [0.5, 0.6) is 5.75 Å². The van der Waals surface area contributed by atoms with Crippen molar-refractivity contribution in [3.8, 4) is 5.75 Å². The zero-order valence-corrected chi connectivity index (χ0v) is 14.2. The molecule has 23 heavy (non-hydrogen) atoms. The van der Waals surface area contributed by atoms with Gasteiger partial charge >= 0.3 is 5.97 Å². The third-order valence-electron chi connectivity index (χ3n) is 4.12. The minimum Gasteiger partial charge on any atom is -0.494 e. The first kappa shape index (κ1) is 17.6. The first-order valence-electron chi connectivity index (χ1n) is 8.87. The molecule has 0 aliphatic heterocycles. The molecule has 0 amide bonds. The van der Waals surface area contributed by atoms with Crippen LogP contribution < -0.4 is 4.74 Å². The molecule has 0 bridgehead atoms. The smallest absolute Gasteiger partial charge is 0.305 e. The van der Waals surface area contributed by atoms with Crippen molar-refractivity contribution in [2.45, 2.75) is 58.3 Å². The molecule has 0 saturated carbocycles. The second-order valence-corrected chi connectivity index (χ2v) is 5.96. The summed E-state index contributed by atoms with van der Waals surface area (Å²) in [5.74, 6) is 0.715. The monoisotopic (exact) mass is 316 g/mol. The van der Waals surface area contributed by atoms with Crippen molar-refractivity contribution in [2.24, 2.45) is 0 Å². The Morgan fingerprint density at radius 3 is 2.65 bits per heavy atom. The van der Waals surface area contributed by atoms with E-state index in [1.165, 1.54) is 49.7 Å². The van der Waals surface area contributed by atoms with Crippen molar-refractivity contribution in [2.75, 3.05) is 13.2 Å². The van der Waals surface area contributed by atoms with Crippen LogP contribution in [-0.2, 0) is 9.53 Å². The Morgan fingerprint density at radius 2 is 1.87 bits per heavy atom. The van der Waals surface area contributed by atoms with Crippen LogP contribution in [0.3, 0.4) is 0 Å². The summed E-state index contributed by atoms with van der Waals surface area (Å²) in [7, 11) is 0. The molecule has 0 N–H and O–H groups in total. The summed E-state index contributed by atoms with van der Waals surface area (Å²) >= 11 is 0. The lowest BCUT2D eigenvalue weighted by atomic mass is 9.95. The Hall–Kier alpha value is -1.77. The van der Waals surface area contributed by atoms with Crippen LogP contribution in [0, 0.1) is 0 Å². The Bertz CT molecular complexity index is 502. The minimum atomic E-state index is -0.150. The zero-order valence-electron chi connectivity index (χ0n) is 14.2. The van der Waals surface area contributed by atoms with Gasteiger partial charge in [-0.05, 0) is 62.3 Å². The molecular formula is C20H28O3. The summed E-state index contributed by atoms with van der Waals surface area (Å²) < 4.78 is 10.6. The Kier molecular flexibility index (Phi) is 7.71. The largest absolute Gasteiger partial charge is 0.494 e. The third-order valence-corrected chi connectivity index (χ3v) is 4.12. The molecule has 0 heterocycles. The highest BCUT2D eigenvalue weighted by atomic mass is 16.5. The number of hydrogen-bond donors (Lipinski definition) is 0. The normalized spacial score (nSPS) is 15.3. The molecule has 0 aromatic heterocycles. The molecule has 0 fully saturated rings. The molecule has 1 aromatic rings. The van der Waals surface area contributed by atoms with E-state index in [1.807, 2.05) is 19.1 Å². The van der Waals surface area contributed by atoms with Crippen molar-refractivity contribution in [1.82, 2.24) is 0 Å². The highest BCUT2D eigenvalue weighted by molar-refractivity contribution is 5.69. The van der Waals surface area contributed by atoms with Gasteiger partial charge in [-0.25, -0.2) is 0 Å². The molecular weight excluding hydrogens is 288 g/mol. The van der Waals surface area contributed by atoms with E-state index >= 15 is 0 Å². The van der Waals surface area contributed by atoms with Crippen LogP contribution >= 0.6 is 0 Å².